The first-order valence-corrected chi connectivity index (χ1v) is 6.26. The molecule has 0 radical (unpaired) electrons. The number of rotatable bonds is 3. The van der Waals surface area contributed by atoms with Crippen LogP contribution in [0.4, 0.5) is 10.1 Å². The number of nitrogens with one attached hydrogen (secondary N) is 1. The summed E-state index contributed by atoms with van der Waals surface area (Å²) in [6.45, 7) is 0.496. The molecule has 0 aliphatic rings. The van der Waals surface area contributed by atoms with Crippen LogP contribution in [0.1, 0.15) is 5.76 Å². The maximum Gasteiger partial charge on any atom is 0.143 e. The van der Waals surface area contributed by atoms with Crippen molar-refractivity contribution in [2.45, 2.75) is 6.54 Å². The SMILES string of the molecule is Fc1cc(NCc2cc3ccccc3o2)ccc1Cl. The molecule has 0 aliphatic heterocycles. The molecule has 0 aliphatic carbocycles. The molecule has 4 heteroatoms. The smallest absolute Gasteiger partial charge is 0.143 e. The summed E-state index contributed by atoms with van der Waals surface area (Å²) in [4.78, 5) is 0. The standard InChI is InChI=1S/C15H11ClFNO/c16-13-6-5-11(8-14(13)17)18-9-12-7-10-3-1-2-4-15(10)19-12/h1-8,18H,9H2. The molecule has 19 heavy (non-hydrogen) atoms. The van der Waals surface area contributed by atoms with Crippen LogP contribution >= 0.6 is 11.6 Å². The number of fused-ring (bicyclic) bond motifs is 1. The predicted octanol–water partition coefficient (Wildman–Crippen LogP) is 4.84. The van der Waals surface area contributed by atoms with Gasteiger partial charge in [0.25, 0.3) is 0 Å². The van der Waals surface area contributed by atoms with E-state index in [0.29, 0.717) is 12.2 Å². The molecule has 0 spiro atoms. The Balaban J connectivity index is 1.76. The Kier molecular flexibility index (Phi) is 3.13. The topological polar surface area (TPSA) is 25.2 Å². The Hall–Kier alpha value is -2.00. The van der Waals surface area contributed by atoms with Gasteiger partial charge in [-0.05, 0) is 30.3 Å². The molecule has 1 heterocycles. The predicted molar refractivity (Wildman–Crippen MR) is 75.0 cm³/mol. The maximum absolute atomic E-state index is 13.3. The van der Waals surface area contributed by atoms with E-state index in [-0.39, 0.29) is 5.02 Å². The van der Waals surface area contributed by atoms with E-state index in [1.54, 1.807) is 6.07 Å². The molecule has 0 bridgehead atoms. The van der Waals surface area contributed by atoms with Gasteiger partial charge in [0.15, 0.2) is 0 Å². The number of hydrogen-bond donors (Lipinski definition) is 1. The Morgan fingerprint density at radius 2 is 1.95 bits per heavy atom. The molecule has 0 unspecified atom stereocenters. The van der Waals surface area contributed by atoms with Crippen LogP contribution in [-0.4, -0.2) is 0 Å². The third-order valence-corrected chi connectivity index (χ3v) is 3.17. The van der Waals surface area contributed by atoms with E-state index in [0.717, 1.165) is 16.7 Å². The summed E-state index contributed by atoms with van der Waals surface area (Å²) in [6, 6.07) is 14.4. The summed E-state index contributed by atoms with van der Waals surface area (Å²) in [5.74, 6) is 0.368. The third kappa shape index (κ3) is 2.56. The van der Waals surface area contributed by atoms with Crippen LogP contribution in [0.3, 0.4) is 0 Å². The minimum atomic E-state index is -0.434. The number of benzene rings is 2. The summed E-state index contributed by atoms with van der Waals surface area (Å²) in [7, 11) is 0. The molecule has 0 amide bonds. The summed E-state index contributed by atoms with van der Waals surface area (Å²) >= 11 is 5.63. The molecule has 3 rings (SSSR count). The lowest BCUT2D eigenvalue weighted by Gasteiger charge is -2.04. The second-order valence-corrected chi connectivity index (χ2v) is 4.64. The highest BCUT2D eigenvalue weighted by atomic mass is 35.5. The van der Waals surface area contributed by atoms with E-state index in [2.05, 4.69) is 5.32 Å². The molecule has 0 saturated carbocycles. The first-order valence-electron chi connectivity index (χ1n) is 5.89. The van der Waals surface area contributed by atoms with Crippen molar-refractivity contribution in [1.82, 2.24) is 0 Å². The zero-order valence-corrected chi connectivity index (χ0v) is 10.7. The third-order valence-electron chi connectivity index (χ3n) is 2.86. The largest absolute Gasteiger partial charge is 0.459 e. The lowest BCUT2D eigenvalue weighted by Crippen LogP contribution is -1.98. The summed E-state index contributed by atoms with van der Waals surface area (Å²) < 4.78 is 18.9. The minimum absolute atomic E-state index is 0.120. The van der Waals surface area contributed by atoms with Gasteiger partial charge in [-0.1, -0.05) is 29.8 Å². The monoisotopic (exact) mass is 275 g/mol. The van der Waals surface area contributed by atoms with Crippen molar-refractivity contribution in [2.24, 2.45) is 0 Å². The number of para-hydroxylation sites is 1. The summed E-state index contributed by atoms with van der Waals surface area (Å²) in [5, 5.41) is 4.27. The second-order valence-electron chi connectivity index (χ2n) is 4.23. The van der Waals surface area contributed by atoms with E-state index < -0.39 is 5.82 Å². The van der Waals surface area contributed by atoms with E-state index in [4.69, 9.17) is 16.0 Å². The highest BCUT2D eigenvalue weighted by molar-refractivity contribution is 6.30. The van der Waals surface area contributed by atoms with Crippen LogP contribution in [0, 0.1) is 5.82 Å². The molecule has 0 saturated heterocycles. The van der Waals surface area contributed by atoms with Crippen molar-refractivity contribution >= 4 is 28.3 Å². The zero-order valence-electron chi connectivity index (χ0n) is 9.99. The van der Waals surface area contributed by atoms with Crippen LogP contribution in [0.2, 0.25) is 5.02 Å². The van der Waals surface area contributed by atoms with Gasteiger partial charge < -0.3 is 9.73 Å². The lowest BCUT2D eigenvalue weighted by atomic mass is 10.2. The molecule has 2 aromatic carbocycles. The number of anilines is 1. The Morgan fingerprint density at radius 3 is 2.74 bits per heavy atom. The van der Waals surface area contributed by atoms with Gasteiger partial charge in [0.2, 0.25) is 0 Å². The summed E-state index contributed by atoms with van der Waals surface area (Å²) in [6.07, 6.45) is 0. The lowest BCUT2D eigenvalue weighted by molar-refractivity contribution is 0.559. The highest BCUT2D eigenvalue weighted by Gasteiger charge is 2.04. The van der Waals surface area contributed by atoms with Crippen molar-refractivity contribution < 1.29 is 8.81 Å². The Labute approximate surface area is 114 Å². The van der Waals surface area contributed by atoms with Crippen molar-refractivity contribution in [2.75, 3.05) is 5.32 Å². The van der Waals surface area contributed by atoms with Gasteiger partial charge in [-0.2, -0.15) is 0 Å². The highest BCUT2D eigenvalue weighted by Crippen LogP contribution is 2.21. The van der Waals surface area contributed by atoms with Gasteiger partial charge in [-0.15, -0.1) is 0 Å². The number of hydrogen-bond acceptors (Lipinski definition) is 2. The average Bonchev–Trinajstić information content (AvgIpc) is 2.83. The van der Waals surface area contributed by atoms with Crippen molar-refractivity contribution in [3.8, 4) is 0 Å². The fourth-order valence-corrected chi connectivity index (χ4v) is 2.04. The van der Waals surface area contributed by atoms with Gasteiger partial charge in [0, 0.05) is 11.1 Å². The first kappa shape index (κ1) is 12.1. The van der Waals surface area contributed by atoms with E-state index in [1.165, 1.54) is 12.1 Å². The maximum atomic E-state index is 13.3. The van der Waals surface area contributed by atoms with Crippen molar-refractivity contribution in [3.63, 3.8) is 0 Å². The van der Waals surface area contributed by atoms with Crippen molar-refractivity contribution in [3.05, 3.63) is 65.1 Å². The van der Waals surface area contributed by atoms with Gasteiger partial charge in [0.1, 0.15) is 17.2 Å². The van der Waals surface area contributed by atoms with Crippen LogP contribution in [0.5, 0.6) is 0 Å². The molecular formula is C15H11ClFNO. The normalized spacial score (nSPS) is 10.8. The molecule has 0 fully saturated rings. The van der Waals surface area contributed by atoms with Gasteiger partial charge >= 0.3 is 0 Å². The van der Waals surface area contributed by atoms with Crippen LogP contribution in [0.15, 0.2) is 52.9 Å². The average molecular weight is 276 g/mol. The Bertz CT molecular complexity index is 690. The number of halogens is 2. The molecule has 96 valence electrons. The molecular weight excluding hydrogens is 265 g/mol. The fourth-order valence-electron chi connectivity index (χ4n) is 1.92. The van der Waals surface area contributed by atoms with E-state index in [1.807, 2.05) is 30.3 Å². The van der Waals surface area contributed by atoms with E-state index >= 15 is 0 Å². The Morgan fingerprint density at radius 1 is 1.11 bits per heavy atom. The van der Waals surface area contributed by atoms with Crippen LogP contribution < -0.4 is 5.32 Å². The van der Waals surface area contributed by atoms with Gasteiger partial charge in [-0.3, -0.25) is 0 Å². The van der Waals surface area contributed by atoms with Crippen molar-refractivity contribution in [1.29, 1.82) is 0 Å². The molecule has 3 aromatic rings. The second kappa shape index (κ2) is 4.94. The molecule has 1 aromatic heterocycles. The fraction of sp³-hybridized carbons (Fsp3) is 0.0667. The quantitative estimate of drug-likeness (QED) is 0.740. The van der Waals surface area contributed by atoms with Crippen LogP contribution in [-0.2, 0) is 6.54 Å². The molecule has 2 nitrogen and oxygen atoms in total. The first-order chi connectivity index (χ1) is 9.22. The van der Waals surface area contributed by atoms with Gasteiger partial charge in [0.05, 0.1) is 11.6 Å². The summed E-state index contributed by atoms with van der Waals surface area (Å²) in [5.41, 5.74) is 1.52. The molecule has 1 N–H and O–H groups in total. The number of furan rings is 1. The molecule has 0 atom stereocenters. The zero-order chi connectivity index (χ0) is 13.2. The minimum Gasteiger partial charge on any atom is -0.459 e. The van der Waals surface area contributed by atoms with E-state index in [9.17, 15) is 4.39 Å². The van der Waals surface area contributed by atoms with Gasteiger partial charge in [-0.25, -0.2) is 4.39 Å². The van der Waals surface area contributed by atoms with Crippen LogP contribution in [0.25, 0.3) is 11.0 Å².